The first-order valence-corrected chi connectivity index (χ1v) is 8.80. The van der Waals surface area contributed by atoms with E-state index >= 15 is 0 Å². The van der Waals surface area contributed by atoms with Crippen molar-refractivity contribution in [1.82, 2.24) is 9.47 Å². The molecule has 2 fully saturated rings. The predicted molar refractivity (Wildman–Crippen MR) is 90.5 cm³/mol. The summed E-state index contributed by atoms with van der Waals surface area (Å²) in [6.07, 6.45) is 7.94. The molecule has 1 saturated heterocycles. The van der Waals surface area contributed by atoms with Crippen molar-refractivity contribution in [2.45, 2.75) is 44.8 Å². The van der Waals surface area contributed by atoms with E-state index in [4.69, 9.17) is 9.15 Å². The fourth-order valence-corrected chi connectivity index (χ4v) is 4.04. The van der Waals surface area contributed by atoms with E-state index in [1.807, 2.05) is 17.0 Å². The summed E-state index contributed by atoms with van der Waals surface area (Å²) in [6, 6.07) is 5.99. The van der Waals surface area contributed by atoms with Crippen molar-refractivity contribution in [2.24, 2.45) is 0 Å². The van der Waals surface area contributed by atoms with Gasteiger partial charge in [-0.15, -0.1) is 0 Å². The number of hydrogen-bond acceptors (Lipinski definition) is 4. The van der Waals surface area contributed by atoms with Crippen molar-refractivity contribution in [3.05, 3.63) is 41.4 Å². The molecule has 0 aromatic carbocycles. The molecule has 25 heavy (non-hydrogen) atoms. The van der Waals surface area contributed by atoms with Crippen LogP contribution in [0.2, 0.25) is 0 Å². The number of carbonyl (C=O) groups excluding carboxylic acids is 1. The zero-order chi connectivity index (χ0) is 17.4. The van der Waals surface area contributed by atoms with Gasteiger partial charge in [-0.2, -0.15) is 5.26 Å². The molecular formula is C19H21N3O3. The summed E-state index contributed by atoms with van der Waals surface area (Å²) in [6.45, 7) is 2.87. The van der Waals surface area contributed by atoms with E-state index < -0.39 is 0 Å². The highest BCUT2D eigenvalue weighted by molar-refractivity contribution is 5.99. The maximum absolute atomic E-state index is 13.3. The number of amides is 1. The lowest BCUT2D eigenvalue weighted by atomic mass is 9.89. The predicted octanol–water partition coefficient (Wildman–Crippen LogP) is 3.03. The molecule has 2 aromatic heterocycles. The van der Waals surface area contributed by atoms with Gasteiger partial charge in [0.2, 0.25) is 5.88 Å². The van der Waals surface area contributed by atoms with Crippen LogP contribution in [0.25, 0.3) is 5.88 Å². The van der Waals surface area contributed by atoms with Crippen LogP contribution >= 0.6 is 0 Å². The summed E-state index contributed by atoms with van der Waals surface area (Å²) >= 11 is 0. The van der Waals surface area contributed by atoms with Gasteiger partial charge in [0, 0.05) is 18.9 Å². The second kappa shape index (κ2) is 6.41. The fraction of sp³-hybridized carbons (Fsp3) is 0.474. The van der Waals surface area contributed by atoms with Gasteiger partial charge in [-0.3, -0.25) is 9.36 Å². The number of nitriles is 1. The summed E-state index contributed by atoms with van der Waals surface area (Å²) in [4.78, 5) is 15.2. The Morgan fingerprint density at radius 3 is 2.80 bits per heavy atom. The lowest BCUT2D eigenvalue weighted by molar-refractivity contribution is -0.0753. The molecule has 0 N–H and O–H groups in total. The Hall–Kier alpha value is -2.52. The quantitative estimate of drug-likeness (QED) is 0.843. The molecule has 2 aromatic rings. The number of ether oxygens (including phenoxy) is 1. The van der Waals surface area contributed by atoms with E-state index in [1.54, 1.807) is 23.9 Å². The highest BCUT2D eigenvalue weighted by Crippen LogP contribution is 2.32. The monoisotopic (exact) mass is 339 g/mol. The van der Waals surface area contributed by atoms with Gasteiger partial charge in [-0.05, 0) is 31.9 Å². The molecule has 0 spiro atoms. The van der Waals surface area contributed by atoms with Crippen LogP contribution in [0.15, 0.2) is 28.9 Å². The molecule has 0 bridgehead atoms. The van der Waals surface area contributed by atoms with Gasteiger partial charge in [0.1, 0.15) is 23.0 Å². The molecule has 0 unspecified atom stereocenters. The van der Waals surface area contributed by atoms with Gasteiger partial charge in [0.25, 0.3) is 5.91 Å². The van der Waals surface area contributed by atoms with Crippen molar-refractivity contribution >= 4 is 5.91 Å². The Balaban J connectivity index is 1.72. The SMILES string of the molecule is Cc1oc(-n2cccc2)c(C#N)c1C(=O)N1CCO[C@H]2CCCC[C@@H]21. The van der Waals surface area contributed by atoms with Crippen LogP contribution in [0.3, 0.4) is 0 Å². The van der Waals surface area contributed by atoms with E-state index in [9.17, 15) is 10.1 Å². The van der Waals surface area contributed by atoms with Crippen molar-refractivity contribution < 1.29 is 13.9 Å². The summed E-state index contributed by atoms with van der Waals surface area (Å²) in [5.74, 6) is 0.780. The van der Waals surface area contributed by atoms with Crippen molar-refractivity contribution in [2.75, 3.05) is 13.2 Å². The Kier molecular flexibility index (Phi) is 4.10. The maximum atomic E-state index is 13.3. The van der Waals surface area contributed by atoms with Gasteiger partial charge < -0.3 is 14.1 Å². The van der Waals surface area contributed by atoms with Crippen molar-refractivity contribution in [1.29, 1.82) is 5.26 Å². The van der Waals surface area contributed by atoms with Crippen LogP contribution in [-0.4, -0.2) is 40.7 Å². The molecule has 2 atom stereocenters. The van der Waals surface area contributed by atoms with Gasteiger partial charge in [0.15, 0.2) is 0 Å². The molecule has 130 valence electrons. The second-order valence-corrected chi connectivity index (χ2v) is 6.68. The van der Waals surface area contributed by atoms with Crippen LogP contribution < -0.4 is 0 Å². The topological polar surface area (TPSA) is 71.4 Å². The Labute approximate surface area is 146 Å². The molecule has 1 saturated carbocycles. The van der Waals surface area contributed by atoms with Gasteiger partial charge in [0.05, 0.1) is 18.8 Å². The third-order valence-corrected chi connectivity index (χ3v) is 5.22. The highest BCUT2D eigenvalue weighted by Gasteiger charge is 2.39. The minimum Gasteiger partial charge on any atom is -0.443 e. The molecule has 1 aliphatic carbocycles. The maximum Gasteiger partial charge on any atom is 0.259 e. The molecule has 1 aliphatic heterocycles. The van der Waals surface area contributed by atoms with E-state index in [1.165, 1.54) is 0 Å². The minimum atomic E-state index is -0.114. The zero-order valence-electron chi connectivity index (χ0n) is 14.3. The van der Waals surface area contributed by atoms with Crippen molar-refractivity contribution in [3.8, 4) is 12.0 Å². The molecule has 6 heteroatoms. The van der Waals surface area contributed by atoms with Crippen LogP contribution in [0.4, 0.5) is 0 Å². The average molecular weight is 339 g/mol. The molecule has 3 heterocycles. The normalized spacial score (nSPS) is 23.1. The van der Waals surface area contributed by atoms with E-state index in [-0.39, 0.29) is 18.1 Å². The number of aryl methyl sites for hydroxylation is 1. The molecule has 1 amide bonds. The van der Waals surface area contributed by atoms with Gasteiger partial charge in [-0.1, -0.05) is 12.8 Å². The number of aromatic nitrogens is 1. The van der Waals surface area contributed by atoms with Crippen molar-refractivity contribution in [3.63, 3.8) is 0 Å². The molecule has 4 rings (SSSR count). The minimum absolute atomic E-state index is 0.103. The van der Waals surface area contributed by atoms with Crippen LogP contribution in [-0.2, 0) is 4.74 Å². The number of furan rings is 1. The Morgan fingerprint density at radius 2 is 2.04 bits per heavy atom. The number of carbonyl (C=O) groups is 1. The zero-order valence-corrected chi connectivity index (χ0v) is 14.3. The highest BCUT2D eigenvalue weighted by atomic mass is 16.5. The standard InChI is InChI=1S/C19H21N3O3/c1-13-17(14(12-20)19(25-13)21-8-4-5-9-21)18(23)22-10-11-24-16-7-3-2-6-15(16)22/h4-5,8-9,15-16H,2-3,6-7,10-11H2,1H3/t15-,16-/m0/s1. The Morgan fingerprint density at radius 1 is 1.28 bits per heavy atom. The molecular weight excluding hydrogens is 318 g/mol. The first-order valence-electron chi connectivity index (χ1n) is 8.80. The van der Waals surface area contributed by atoms with Gasteiger partial charge >= 0.3 is 0 Å². The molecule has 6 nitrogen and oxygen atoms in total. The largest absolute Gasteiger partial charge is 0.443 e. The van der Waals surface area contributed by atoms with E-state index in [2.05, 4.69) is 6.07 Å². The van der Waals surface area contributed by atoms with E-state index in [0.29, 0.717) is 35.9 Å². The van der Waals surface area contributed by atoms with Crippen LogP contribution in [0, 0.1) is 18.3 Å². The second-order valence-electron chi connectivity index (χ2n) is 6.68. The smallest absolute Gasteiger partial charge is 0.259 e. The number of nitrogens with zero attached hydrogens (tertiary/aromatic N) is 3. The fourth-order valence-electron chi connectivity index (χ4n) is 4.04. The average Bonchev–Trinajstić information content (AvgIpc) is 3.28. The number of hydrogen-bond donors (Lipinski definition) is 0. The third kappa shape index (κ3) is 2.65. The van der Waals surface area contributed by atoms with Crippen LogP contribution in [0.5, 0.6) is 0 Å². The number of rotatable bonds is 2. The Bertz CT molecular complexity index is 814. The molecule has 0 radical (unpaired) electrons. The third-order valence-electron chi connectivity index (χ3n) is 5.22. The lowest BCUT2D eigenvalue weighted by Crippen LogP contribution is -2.55. The summed E-state index contributed by atoms with van der Waals surface area (Å²) in [5, 5.41) is 9.67. The number of fused-ring (bicyclic) bond motifs is 1. The summed E-state index contributed by atoms with van der Waals surface area (Å²) in [5.41, 5.74) is 0.690. The number of morpholine rings is 1. The van der Waals surface area contributed by atoms with Gasteiger partial charge in [-0.25, -0.2) is 0 Å². The lowest BCUT2D eigenvalue weighted by Gasteiger charge is -2.43. The first-order chi connectivity index (χ1) is 12.2. The first kappa shape index (κ1) is 16.0. The van der Waals surface area contributed by atoms with E-state index in [0.717, 1.165) is 25.7 Å². The van der Waals surface area contributed by atoms with Crippen LogP contribution in [0.1, 0.15) is 47.4 Å². The summed E-state index contributed by atoms with van der Waals surface area (Å²) in [7, 11) is 0. The molecule has 2 aliphatic rings. The summed E-state index contributed by atoms with van der Waals surface area (Å²) < 4.78 is 13.4.